The highest BCUT2D eigenvalue weighted by atomic mass is 16.6. The normalized spacial score (nSPS) is 18.9. The van der Waals surface area contributed by atoms with Crippen LogP contribution in [0.4, 0.5) is 9.59 Å². The van der Waals surface area contributed by atoms with Gasteiger partial charge in [-0.2, -0.15) is 0 Å². The van der Waals surface area contributed by atoms with Crippen LogP contribution in [0.1, 0.15) is 54.4 Å². The molecular weight excluding hydrogens is 360 g/mol. The summed E-state index contributed by atoms with van der Waals surface area (Å²) in [5.41, 5.74) is -0.784. The molecule has 0 bridgehead atoms. The first-order chi connectivity index (χ1) is 13.0. The van der Waals surface area contributed by atoms with E-state index in [0.29, 0.717) is 0 Å². The SMILES string of the molecule is CC(C)(C)OC(=O)N1CCCNCC1.CC(C)(C)OC(=O)N1CCCNCC1. The maximum Gasteiger partial charge on any atom is 0.410 e. The number of nitrogens with one attached hydrogen (secondary N) is 2. The van der Waals surface area contributed by atoms with Crippen LogP contribution in [0.3, 0.4) is 0 Å². The van der Waals surface area contributed by atoms with Crippen molar-refractivity contribution in [3.8, 4) is 0 Å². The summed E-state index contributed by atoms with van der Waals surface area (Å²) in [4.78, 5) is 26.8. The molecule has 28 heavy (non-hydrogen) atoms. The van der Waals surface area contributed by atoms with Crippen LogP contribution in [0.2, 0.25) is 0 Å². The average molecular weight is 401 g/mol. The Balaban J connectivity index is 0.000000280. The van der Waals surface area contributed by atoms with Gasteiger partial charge in [-0.25, -0.2) is 9.59 Å². The van der Waals surface area contributed by atoms with Crippen LogP contribution in [0.15, 0.2) is 0 Å². The fourth-order valence-corrected chi connectivity index (χ4v) is 2.71. The molecular formula is C20H40N4O4. The van der Waals surface area contributed by atoms with Crippen molar-refractivity contribution in [3.05, 3.63) is 0 Å². The number of rotatable bonds is 0. The maximum absolute atomic E-state index is 11.6. The molecule has 164 valence electrons. The zero-order valence-corrected chi connectivity index (χ0v) is 18.6. The van der Waals surface area contributed by atoms with Gasteiger partial charge < -0.3 is 29.9 Å². The summed E-state index contributed by atoms with van der Waals surface area (Å²) in [7, 11) is 0. The van der Waals surface area contributed by atoms with E-state index < -0.39 is 11.2 Å². The molecule has 0 atom stereocenters. The summed E-state index contributed by atoms with van der Waals surface area (Å²) >= 11 is 0. The Morgan fingerprint density at radius 2 is 1.00 bits per heavy atom. The average Bonchev–Trinajstić information content (AvgIpc) is 2.97. The van der Waals surface area contributed by atoms with E-state index in [0.717, 1.165) is 65.2 Å². The first kappa shape index (κ1) is 24.5. The van der Waals surface area contributed by atoms with Crippen molar-refractivity contribution in [3.63, 3.8) is 0 Å². The molecule has 0 radical (unpaired) electrons. The molecule has 0 aromatic rings. The van der Waals surface area contributed by atoms with Crippen LogP contribution >= 0.6 is 0 Å². The van der Waals surface area contributed by atoms with Crippen LogP contribution in [0.25, 0.3) is 0 Å². The van der Waals surface area contributed by atoms with E-state index in [2.05, 4.69) is 10.6 Å². The molecule has 0 unspecified atom stereocenters. The molecule has 0 aromatic carbocycles. The highest BCUT2D eigenvalue weighted by molar-refractivity contribution is 5.68. The second-order valence-electron chi connectivity index (χ2n) is 9.14. The third kappa shape index (κ3) is 11.3. The second-order valence-corrected chi connectivity index (χ2v) is 9.14. The summed E-state index contributed by atoms with van der Waals surface area (Å²) in [6, 6.07) is 0. The van der Waals surface area contributed by atoms with Crippen molar-refractivity contribution in [1.29, 1.82) is 0 Å². The number of nitrogens with zero attached hydrogens (tertiary/aromatic N) is 2. The highest BCUT2D eigenvalue weighted by Crippen LogP contribution is 2.11. The lowest BCUT2D eigenvalue weighted by Crippen LogP contribution is -2.38. The number of amides is 2. The molecule has 0 aromatic heterocycles. The molecule has 2 rings (SSSR count). The molecule has 2 saturated heterocycles. The number of ether oxygens (including phenoxy) is 2. The van der Waals surface area contributed by atoms with Crippen molar-refractivity contribution in [2.45, 2.75) is 65.6 Å². The predicted molar refractivity (Wildman–Crippen MR) is 111 cm³/mol. The Hall–Kier alpha value is -1.54. The third-order valence-electron chi connectivity index (χ3n) is 3.98. The molecule has 2 aliphatic rings. The van der Waals surface area contributed by atoms with Crippen LogP contribution in [0, 0.1) is 0 Å². The molecule has 8 nitrogen and oxygen atoms in total. The third-order valence-corrected chi connectivity index (χ3v) is 3.98. The van der Waals surface area contributed by atoms with Gasteiger partial charge in [0.05, 0.1) is 0 Å². The Morgan fingerprint density at radius 3 is 1.32 bits per heavy atom. The van der Waals surface area contributed by atoms with Gasteiger partial charge in [0.15, 0.2) is 0 Å². The van der Waals surface area contributed by atoms with Crippen LogP contribution < -0.4 is 10.6 Å². The Kier molecular flexibility index (Phi) is 10.0. The minimum Gasteiger partial charge on any atom is -0.444 e. The van der Waals surface area contributed by atoms with E-state index in [-0.39, 0.29) is 12.2 Å². The summed E-state index contributed by atoms with van der Waals surface area (Å²) in [6.07, 6.45) is 1.61. The van der Waals surface area contributed by atoms with E-state index in [9.17, 15) is 9.59 Å². The Labute approximate surface area is 170 Å². The van der Waals surface area contributed by atoms with Gasteiger partial charge in [0.2, 0.25) is 0 Å². The van der Waals surface area contributed by atoms with Gasteiger partial charge in [-0.3, -0.25) is 0 Å². The molecule has 2 amide bonds. The summed E-state index contributed by atoms with van der Waals surface area (Å²) in [5, 5.41) is 6.49. The maximum atomic E-state index is 11.6. The minimum atomic E-state index is -0.392. The van der Waals surface area contributed by atoms with Crippen molar-refractivity contribution >= 4 is 12.2 Å². The van der Waals surface area contributed by atoms with Crippen molar-refractivity contribution in [2.75, 3.05) is 52.4 Å². The molecule has 0 saturated carbocycles. The monoisotopic (exact) mass is 400 g/mol. The van der Waals surface area contributed by atoms with Crippen molar-refractivity contribution in [2.24, 2.45) is 0 Å². The lowest BCUT2D eigenvalue weighted by Gasteiger charge is -2.26. The van der Waals surface area contributed by atoms with Crippen LogP contribution in [-0.4, -0.2) is 85.5 Å². The van der Waals surface area contributed by atoms with Gasteiger partial charge in [0.25, 0.3) is 0 Å². The van der Waals surface area contributed by atoms with Gasteiger partial charge in [-0.1, -0.05) is 0 Å². The largest absolute Gasteiger partial charge is 0.444 e. The fraction of sp³-hybridized carbons (Fsp3) is 0.900. The minimum absolute atomic E-state index is 0.193. The van der Waals surface area contributed by atoms with E-state index in [1.807, 2.05) is 41.5 Å². The van der Waals surface area contributed by atoms with Gasteiger partial charge in [0.1, 0.15) is 11.2 Å². The summed E-state index contributed by atoms with van der Waals surface area (Å²) < 4.78 is 10.6. The zero-order chi connectivity index (χ0) is 21.2. The molecule has 8 heteroatoms. The van der Waals surface area contributed by atoms with Crippen molar-refractivity contribution in [1.82, 2.24) is 20.4 Å². The number of hydrogen-bond donors (Lipinski definition) is 2. The van der Waals surface area contributed by atoms with E-state index >= 15 is 0 Å². The first-order valence-electron chi connectivity index (χ1n) is 10.4. The zero-order valence-electron chi connectivity index (χ0n) is 18.6. The second kappa shape index (κ2) is 11.5. The van der Waals surface area contributed by atoms with E-state index in [4.69, 9.17) is 9.47 Å². The van der Waals surface area contributed by atoms with Crippen LogP contribution in [0.5, 0.6) is 0 Å². The summed E-state index contributed by atoms with van der Waals surface area (Å²) in [5.74, 6) is 0. The molecule has 2 heterocycles. The lowest BCUT2D eigenvalue weighted by molar-refractivity contribution is 0.0252. The topological polar surface area (TPSA) is 83.1 Å². The standard InChI is InChI=1S/2C10H20N2O2/c2*1-10(2,3)14-9(13)12-7-4-5-11-6-8-12/h2*11H,4-8H2,1-3H3. The van der Waals surface area contributed by atoms with Gasteiger partial charge >= 0.3 is 12.2 Å². The highest BCUT2D eigenvalue weighted by Gasteiger charge is 2.23. The number of hydrogen-bond acceptors (Lipinski definition) is 6. The molecule has 2 fully saturated rings. The fourth-order valence-electron chi connectivity index (χ4n) is 2.71. The van der Waals surface area contributed by atoms with E-state index in [1.165, 1.54) is 0 Å². The van der Waals surface area contributed by atoms with Crippen molar-refractivity contribution < 1.29 is 19.1 Å². The van der Waals surface area contributed by atoms with Gasteiger partial charge in [-0.15, -0.1) is 0 Å². The summed E-state index contributed by atoms with van der Waals surface area (Å²) in [6.45, 7) is 18.1. The van der Waals surface area contributed by atoms with Crippen LogP contribution in [-0.2, 0) is 9.47 Å². The Bertz CT molecular complexity index is 426. The number of carbonyl (C=O) groups excluding carboxylic acids is 2. The first-order valence-corrected chi connectivity index (χ1v) is 10.4. The smallest absolute Gasteiger partial charge is 0.410 e. The van der Waals surface area contributed by atoms with Gasteiger partial charge in [-0.05, 0) is 67.5 Å². The predicted octanol–water partition coefficient (Wildman–Crippen LogP) is 2.43. The number of carbonyl (C=O) groups is 2. The molecule has 2 N–H and O–H groups in total. The molecule has 0 aliphatic carbocycles. The molecule has 0 spiro atoms. The lowest BCUT2D eigenvalue weighted by atomic mass is 10.2. The van der Waals surface area contributed by atoms with E-state index in [1.54, 1.807) is 9.80 Å². The molecule has 2 aliphatic heterocycles. The quantitative estimate of drug-likeness (QED) is 0.650. The Morgan fingerprint density at radius 1 is 0.643 bits per heavy atom. The van der Waals surface area contributed by atoms with Gasteiger partial charge in [0, 0.05) is 39.3 Å².